The molecule has 2 aromatic heterocycles. The maximum absolute atomic E-state index is 9.75. The van der Waals surface area contributed by atoms with Crippen molar-refractivity contribution in [1.82, 2.24) is 9.97 Å². The van der Waals surface area contributed by atoms with E-state index in [0.717, 1.165) is 4.88 Å². The van der Waals surface area contributed by atoms with Crippen LogP contribution in [0.15, 0.2) is 17.1 Å². The lowest BCUT2D eigenvalue weighted by Crippen LogP contribution is -1.96. The van der Waals surface area contributed by atoms with Crippen molar-refractivity contribution in [3.8, 4) is 0 Å². The highest BCUT2D eigenvalue weighted by atomic mass is 32.1. The third kappa shape index (κ3) is 1.69. The molecule has 2 aromatic rings. The minimum atomic E-state index is -0.693. The van der Waals surface area contributed by atoms with E-state index in [9.17, 15) is 5.11 Å². The molecule has 1 unspecified atom stereocenters. The monoisotopic (exact) mass is 213 g/mol. The molecule has 0 amide bonds. The van der Waals surface area contributed by atoms with Crippen LogP contribution in [0.1, 0.15) is 16.7 Å². The van der Waals surface area contributed by atoms with Crippen LogP contribution < -0.4 is 5.73 Å². The molecule has 2 heterocycles. The maximum atomic E-state index is 9.75. The van der Waals surface area contributed by atoms with E-state index in [4.69, 9.17) is 5.73 Å². The van der Waals surface area contributed by atoms with Crippen LogP contribution in [0.25, 0.3) is 0 Å². The van der Waals surface area contributed by atoms with Crippen molar-refractivity contribution >= 4 is 27.8 Å². The molecule has 0 fully saturated rings. The number of nitrogens with two attached hydrogens (primary N) is 1. The van der Waals surface area contributed by atoms with Crippen LogP contribution in [0, 0.1) is 0 Å². The summed E-state index contributed by atoms with van der Waals surface area (Å²) >= 11 is 2.73. The lowest BCUT2D eigenvalue weighted by molar-refractivity contribution is 0.219. The second-order valence-corrected chi connectivity index (χ2v) is 4.23. The summed E-state index contributed by atoms with van der Waals surface area (Å²) < 4.78 is 0. The zero-order chi connectivity index (χ0) is 9.26. The van der Waals surface area contributed by atoms with Crippen LogP contribution in [-0.2, 0) is 0 Å². The molecular weight excluding hydrogens is 206 g/mol. The first-order valence-corrected chi connectivity index (χ1v) is 5.30. The van der Waals surface area contributed by atoms with E-state index in [-0.39, 0.29) is 0 Å². The van der Waals surface area contributed by atoms with E-state index in [0.29, 0.717) is 10.8 Å². The van der Waals surface area contributed by atoms with Gasteiger partial charge in [-0.25, -0.2) is 9.97 Å². The van der Waals surface area contributed by atoms with Crippen molar-refractivity contribution in [2.75, 3.05) is 5.73 Å². The summed E-state index contributed by atoms with van der Waals surface area (Å²) in [6.45, 7) is 0. The molecule has 0 aliphatic heterocycles. The predicted molar refractivity (Wildman–Crippen MR) is 52.7 cm³/mol. The molecule has 0 aromatic carbocycles. The van der Waals surface area contributed by atoms with Gasteiger partial charge in [-0.2, -0.15) is 0 Å². The highest BCUT2D eigenvalue weighted by molar-refractivity contribution is 7.15. The highest BCUT2D eigenvalue weighted by Crippen LogP contribution is 2.27. The van der Waals surface area contributed by atoms with Gasteiger partial charge in [-0.1, -0.05) is 11.3 Å². The minimum absolute atomic E-state index is 0.462. The molecule has 0 aliphatic rings. The fraction of sp³-hybridized carbons (Fsp3) is 0.143. The minimum Gasteiger partial charge on any atom is -0.381 e. The van der Waals surface area contributed by atoms with Crippen LogP contribution in [0.2, 0.25) is 0 Å². The van der Waals surface area contributed by atoms with Gasteiger partial charge < -0.3 is 10.8 Å². The Morgan fingerprint density at radius 1 is 1.46 bits per heavy atom. The van der Waals surface area contributed by atoms with E-state index in [1.807, 2.05) is 0 Å². The molecule has 0 saturated heterocycles. The van der Waals surface area contributed by atoms with Crippen LogP contribution >= 0.6 is 22.7 Å². The third-order valence-corrected chi connectivity index (χ3v) is 3.03. The summed E-state index contributed by atoms with van der Waals surface area (Å²) in [5, 5.41) is 12.0. The molecule has 4 nitrogen and oxygen atoms in total. The number of hydrogen-bond donors (Lipinski definition) is 2. The molecule has 6 heteroatoms. The number of anilines is 1. The van der Waals surface area contributed by atoms with Crippen LogP contribution in [0.3, 0.4) is 0 Å². The zero-order valence-corrected chi connectivity index (χ0v) is 8.18. The first-order chi connectivity index (χ1) is 6.27. The van der Waals surface area contributed by atoms with Gasteiger partial charge in [0.15, 0.2) is 5.13 Å². The summed E-state index contributed by atoms with van der Waals surface area (Å²) in [4.78, 5) is 8.59. The average molecular weight is 213 g/mol. The SMILES string of the molecule is Nc1ncc(C(O)c2cscn2)s1. The molecule has 0 radical (unpaired) electrons. The normalized spacial score (nSPS) is 13.0. The molecule has 68 valence electrons. The summed E-state index contributed by atoms with van der Waals surface area (Å²) in [5.41, 5.74) is 7.78. The Morgan fingerprint density at radius 2 is 2.31 bits per heavy atom. The van der Waals surface area contributed by atoms with Crippen molar-refractivity contribution in [2.24, 2.45) is 0 Å². The number of nitrogen functional groups attached to an aromatic ring is 1. The second-order valence-electron chi connectivity index (χ2n) is 2.42. The Hall–Kier alpha value is -0.980. The quantitative estimate of drug-likeness (QED) is 0.787. The molecule has 0 spiro atoms. The molecular formula is C7H7N3OS2. The van der Waals surface area contributed by atoms with Crippen molar-refractivity contribution in [3.63, 3.8) is 0 Å². The first-order valence-electron chi connectivity index (χ1n) is 3.54. The number of thiazole rings is 2. The third-order valence-electron chi connectivity index (χ3n) is 1.54. The van der Waals surface area contributed by atoms with Gasteiger partial charge >= 0.3 is 0 Å². The maximum Gasteiger partial charge on any atom is 0.180 e. The Labute approximate surface area is 82.7 Å². The highest BCUT2D eigenvalue weighted by Gasteiger charge is 2.14. The molecule has 1 atom stereocenters. The van der Waals surface area contributed by atoms with Crippen molar-refractivity contribution < 1.29 is 5.11 Å². The summed E-state index contributed by atoms with van der Waals surface area (Å²) in [6, 6.07) is 0. The number of aliphatic hydroxyl groups is 1. The van der Waals surface area contributed by atoms with Crippen molar-refractivity contribution in [1.29, 1.82) is 0 Å². The topological polar surface area (TPSA) is 72.0 Å². The lowest BCUT2D eigenvalue weighted by atomic mass is 10.2. The lowest BCUT2D eigenvalue weighted by Gasteiger charge is -2.02. The van der Waals surface area contributed by atoms with Gasteiger partial charge in [0, 0.05) is 11.6 Å². The van der Waals surface area contributed by atoms with E-state index >= 15 is 0 Å². The Kier molecular flexibility index (Phi) is 2.26. The van der Waals surface area contributed by atoms with E-state index in [1.165, 1.54) is 22.7 Å². The van der Waals surface area contributed by atoms with Crippen molar-refractivity contribution in [2.45, 2.75) is 6.10 Å². The number of rotatable bonds is 2. The number of aromatic nitrogens is 2. The predicted octanol–water partition coefficient (Wildman–Crippen LogP) is 1.26. The van der Waals surface area contributed by atoms with E-state index in [2.05, 4.69) is 9.97 Å². The van der Waals surface area contributed by atoms with Gasteiger partial charge in [0.05, 0.1) is 16.1 Å². The van der Waals surface area contributed by atoms with Gasteiger partial charge in [-0.15, -0.1) is 11.3 Å². The average Bonchev–Trinajstić information content (AvgIpc) is 2.72. The van der Waals surface area contributed by atoms with Gasteiger partial charge in [0.1, 0.15) is 6.10 Å². The Bertz CT molecular complexity index is 384. The Balaban J connectivity index is 2.28. The number of hydrogen-bond acceptors (Lipinski definition) is 6. The molecule has 2 rings (SSSR count). The smallest absolute Gasteiger partial charge is 0.180 e. The molecule has 0 bridgehead atoms. The molecule has 0 aliphatic carbocycles. The molecule has 0 saturated carbocycles. The summed E-state index contributed by atoms with van der Waals surface area (Å²) in [6.07, 6.45) is 0.880. The van der Waals surface area contributed by atoms with E-state index in [1.54, 1.807) is 17.1 Å². The van der Waals surface area contributed by atoms with Crippen LogP contribution in [0.4, 0.5) is 5.13 Å². The van der Waals surface area contributed by atoms with Crippen LogP contribution in [0.5, 0.6) is 0 Å². The first kappa shape index (κ1) is 8.61. The van der Waals surface area contributed by atoms with Gasteiger partial charge in [0.2, 0.25) is 0 Å². The van der Waals surface area contributed by atoms with Crippen LogP contribution in [-0.4, -0.2) is 15.1 Å². The zero-order valence-electron chi connectivity index (χ0n) is 6.54. The van der Waals surface area contributed by atoms with Gasteiger partial charge in [-0.05, 0) is 0 Å². The van der Waals surface area contributed by atoms with Crippen molar-refractivity contribution in [3.05, 3.63) is 27.7 Å². The summed E-state index contributed by atoms with van der Waals surface area (Å²) in [7, 11) is 0. The summed E-state index contributed by atoms with van der Waals surface area (Å²) in [5.74, 6) is 0. The standard InChI is InChI=1S/C7H7N3OS2/c8-7-9-1-5(13-7)6(11)4-2-12-3-10-4/h1-3,6,11H,(H2,8,9). The van der Waals surface area contributed by atoms with Gasteiger partial charge in [0.25, 0.3) is 0 Å². The number of nitrogens with zero attached hydrogens (tertiary/aromatic N) is 2. The second kappa shape index (κ2) is 3.41. The molecule has 3 N–H and O–H groups in total. The fourth-order valence-corrected chi connectivity index (χ4v) is 2.19. The largest absolute Gasteiger partial charge is 0.381 e. The van der Waals surface area contributed by atoms with Gasteiger partial charge in [-0.3, -0.25) is 0 Å². The number of aliphatic hydroxyl groups excluding tert-OH is 1. The fourth-order valence-electron chi connectivity index (χ4n) is 0.930. The Morgan fingerprint density at radius 3 is 2.85 bits per heavy atom. The van der Waals surface area contributed by atoms with E-state index < -0.39 is 6.10 Å². The molecule has 13 heavy (non-hydrogen) atoms.